The molecule has 5 aliphatic rings. The number of hydrogen-bond acceptors (Lipinski definition) is 16. The number of hydrogen-bond donors (Lipinski definition) is 3. The van der Waals surface area contributed by atoms with Crippen LogP contribution in [0, 0.1) is 0 Å². The molecule has 5 heterocycles. The fourth-order valence-electron chi connectivity index (χ4n) is 13.6. The van der Waals surface area contributed by atoms with Crippen LogP contribution in [-0.4, -0.2) is 108 Å². The third kappa shape index (κ3) is 11.6. The first-order chi connectivity index (χ1) is 46.0. The lowest BCUT2D eigenvalue weighted by Gasteiger charge is -2.56. The normalized spacial score (nSPS) is 32.8. The molecule has 6 bridgehead atoms. The molecule has 0 aliphatic carbocycles. The van der Waals surface area contributed by atoms with Crippen LogP contribution in [-0.2, 0) is 71.8 Å². The van der Waals surface area contributed by atoms with Gasteiger partial charge in [0.05, 0.1) is 6.23 Å². The van der Waals surface area contributed by atoms with E-state index in [1.807, 2.05) is 287 Å². The number of phenols is 2. The highest BCUT2D eigenvalue weighted by molar-refractivity contribution is 7.14. The number of fused-ring (bicyclic) bond motifs is 6. The molecule has 10 aromatic carbocycles. The maximum atomic E-state index is 15.1. The maximum absolute atomic E-state index is 15.1. The summed E-state index contributed by atoms with van der Waals surface area (Å²) in [6.45, 7) is 5.98. The third-order valence-corrected chi connectivity index (χ3v) is 63.3. The van der Waals surface area contributed by atoms with E-state index in [4.69, 9.17) is 54.1 Å². The maximum Gasteiger partial charge on any atom is 0.520 e. The van der Waals surface area contributed by atoms with Gasteiger partial charge in [0.2, 0.25) is 0 Å². The van der Waals surface area contributed by atoms with Crippen molar-refractivity contribution in [2.24, 2.45) is 0 Å². The van der Waals surface area contributed by atoms with Crippen LogP contribution in [0.25, 0.3) is 0 Å². The van der Waals surface area contributed by atoms with Gasteiger partial charge in [-0.2, -0.15) is 0 Å². The Hall–Kier alpha value is -6.59. The van der Waals surface area contributed by atoms with Gasteiger partial charge in [-0.05, 0) is 95.9 Å². The van der Waals surface area contributed by atoms with Gasteiger partial charge in [0.25, 0.3) is 0 Å². The fraction of sp³-hybridized carbons (Fsp3) is 0.130. The summed E-state index contributed by atoms with van der Waals surface area (Å²) in [5.74, 6) is 0.244. The van der Waals surface area contributed by atoms with Gasteiger partial charge in [-0.25, -0.2) is 0 Å². The largest absolute Gasteiger partial charge is 0.520 e. The Labute approximate surface area is 563 Å². The second kappa shape index (κ2) is 25.1. The predicted molar refractivity (Wildman–Crippen MR) is 380 cm³/mol. The lowest BCUT2D eigenvalue weighted by Crippen LogP contribution is -2.88. The van der Waals surface area contributed by atoms with Crippen molar-refractivity contribution in [3.63, 3.8) is 0 Å². The number of aryl methyl sites for hydroxylation is 2. The van der Waals surface area contributed by atoms with E-state index in [0.29, 0.717) is 54.7 Å². The average Bonchev–Trinajstić information content (AvgIpc) is 1.50. The Kier molecular flexibility index (Phi) is 17.0. The molecular formula is C69H70O16Si10. The molecule has 11 unspecified atom stereocenters. The SMILES string of the molecule is C[Si]1(CCc2ccc(O)cc2)O[Si]2(c3ccccc3)O[Si](C)(c3ccccc3)O[Si]34CO[Si]5(c6ccccc6)O[Si](C)(CCc6ccc(O)cc6)O[Si](O)(c6ccccc6)O[Si](c6ccccc6)(O2)O[Si](c2ccccc2)(O5)C3(c2ccccc2)O[Si](c2ccccc2)(O1)O4. The van der Waals surface area contributed by atoms with Gasteiger partial charge >= 0.3 is 86.8 Å². The minimum absolute atomic E-state index is 0.117. The highest BCUT2D eigenvalue weighted by Gasteiger charge is 2.91. The number of aromatic hydroxyl groups is 2. The van der Waals surface area contributed by atoms with E-state index in [9.17, 15) is 10.2 Å². The molecular weight excluding hydrogens is 1370 g/mol. The Morgan fingerprint density at radius 3 is 1.18 bits per heavy atom. The molecule has 15 rings (SSSR count). The van der Waals surface area contributed by atoms with E-state index in [-0.39, 0.29) is 29.8 Å². The van der Waals surface area contributed by atoms with E-state index < -0.39 is 91.7 Å². The van der Waals surface area contributed by atoms with Gasteiger partial charge in [-0.15, -0.1) is 0 Å². The van der Waals surface area contributed by atoms with Crippen molar-refractivity contribution in [2.45, 2.75) is 49.4 Å². The van der Waals surface area contributed by atoms with E-state index in [2.05, 4.69) is 0 Å². The summed E-state index contributed by atoms with van der Waals surface area (Å²) in [6, 6.07) is 92.3. The monoisotopic (exact) mass is 1430 g/mol. The van der Waals surface area contributed by atoms with Crippen molar-refractivity contribution >= 4 is 123 Å². The Bertz CT molecular complexity index is 4310. The molecule has 26 heteroatoms. The first-order valence-corrected chi connectivity index (χ1v) is 51.6. The zero-order valence-corrected chi connectivity index (χ0v) is 62.4. The molecule has 482 valence electrons. The minimum atomic E-state index is -5.53. The second-order valence-electron chi connectivity index (χ2n) is 24.8. The van der Waals surface area contributed by atoms with Crippen molar-refractivity contribution in [2.75, 3.05) is 6.23 Å². The summed E-state index contributed by atoms with van der Waals surface area (Å²) in [5.41, 5.74) is 2.34. The van der Waals surface area contributed by atoms with Crippen LogP contribution in [0.3, 0.4) is 0 Å². The first kappa shape index (κ1) is 64.4. The zero-order valence-electron chi connectivity index (χ0n) is 52.4. The molecule has 11 atom stereocenters. The van der Waals surface area contributed by atoms with Crippen molar-refractivity contribution in [3.8, 4) is 11.5 Å². The molecule has 0 saturated carbocycles. The molecule has 0 radical (unpaired) electrons. The van der Waals surface area contributed by atoms with Crippen molar-refractivity contribution < 1.29 is 69.1 Å². The lowest BCUT2D eigenvalue weighted by atomic mass is 10.2. The molecule has 0 aromatic heterocycles. The van der Waals surface area contributed by atoms with Gasteiger partial charge in [-0.1, -0.05) is 267 Å². The summed E-state index contributed by atoms with van der Waals surface area (Å²) in [7, 11) is -49.1. The van der Waals surface area contributed by atoms with Gasteiger partial charge in [-0.3, -0.25) is 0 Å². The third-order valence-electron chi connectivity index (χ3n) is 18.1. The molecule has 5 aliphatic heterocycles. The molecule has 5 fully saturated rings. The Morgan fingerprint density at radius 1 is 0.326 bits per heavy atom. The van der Waals surface area contributed by atoms with E-state index in [1.165, 1.54) is 0 Å². The van der Waals surface area contributed by atoms with Crippen LogP contribution in [0.5, 0.6) is 11.5 Å². The van der Waals surface area contributed by atoms with E-state index in [1.54, 1.807) is 24.3 Å². The van der Waals surface area contributed by atoms with Crippen LogP contribution in [0.4, 0.5) is 0 Å². The fourth-order valence-corrected chi connectivity index (χ4v) is 71.8. The molecule has 95 heavy (non-hydrogen) atoms. The number of benzene rings is 10. The van der Waals surface area contributed by atoms with E-state index in [0.717, 1.165) is 11.1 Å². The minimum Gasteiger partial charge on any atom is -0.508 e. The van der Waals surface area contributed by atoms with Gasteiger partial charge in [0.15, 0.2) is 4.85 Å². The van der Waals surface area contributed by atoms with Crippen LogP contribution in [0.2, 0.25) is 31.7 Å². The van der Waals surface area contributed by atoms with Crippen LogP contribution >= 0.6 is 0 Å². The van der Waals surface area contributed by atoms with Crippen LogP contribution in [0.15, 0.2) is 291 Å². The number of rotatable bonds is 14. The summed E-state index contributed by atoms with van der Waals surface area (Å²) >= 11 is 0. The summed E-state index contributed by atoms with van der Waals surface area (Å²) in [5, 5.41) is 24.9. The molecule has 16 nitrogen and oxygen atoms in total. The summed E-state index contributed by atoms with van der Waals surface area (Å²) < 4.78 is 111. The highest BCUT2D eigenvalue weighted by Crippen LogP contribution is 2.59. The van der Waals surface area contributed by atoms with Crippen LogP contribution in [0.1, 0.15) is 16.7 Å². The smallest absolute Gasteiger partial charge is 0.508 e. The first-order valence-electron chi connectivity index (χ1n) is 31.8. The Morgan fingerprint density at radius 2 is 0.695 bits per heavy atom. The second-order valence-corrected chi connectivity index (χ2v) is 56.3. The molecule has 1 spiro atoms. The van der Waals surface area contributed by atoms with Crippen molar-refractivity contribution in [1.29, 1.82) is 0 Å². The molecule has 5 saturated heterocycles. The van der Waals surface area contributed by atoms with Crippen molar-refractivity contribution in [3.05, 3.63) is 308 Å². The standard InChI is InChI=1S/C69H70O16Si10/c1-86(54-52-57-44-48-60(70)49-45-57)75-91(72,64-34-18-7-19-35-64)84-95(68-42-26-11-27-43-68)83-90(63-32-16-6-17-33-63)69(59-28-12-4-13-29-59)74-93(66-38-22-9-23-39-66)77-87(2,55-53-58-46-50-61(71)51-47-58)78-94(85-95,67-40-24-10-25-41-67)80-88(3,62-30-14-5-15-31-62)79-89(69,81-93)56-73-92(76-86,82-90)65-36-20-8-21-37-65/h4-51,70-72H,52-56H2,1-3H3. The highest BCUT2D eigenvalue weighted by atomic mass is 28.6. The molecule has 10 aromatic rings. The average molecular weight is 1440 g/mol. The van der Waals surface area contributed by atoms with Crippen LogP contribution < -0.4 is 36.3 Å². The Balaban J connectivity index is 1.17. The lowest BCUT2D eigenvalue weighted by molar-refractivity contribution is 0.0916. The summed E-state index contributed by atoms with van der Waals surface area (Å²) in [4.78, 5) is 13.0. The van der Waals surface area contributed by atoms with E-state index >= 15 is 4.80 Å². The predicted octanol–water partition coefficient (Wildman–Crippen LogP) is 7.82. The van der Waals surface area contributed by atoms with Gasteiger partial charge in [0.1, 0.15) is 11.5 Å². The summed E-state index contributed by atoms with van der Waals surface area (Å²) in [6.07, 6.45) is 0.418. The zero-order chi connectivity index (χ0) is 65.1. The topological polar surface area (TPSA) is 181 Å². The van der Waals surface area contributed by atoms with Crippen molar-refractivity contribution in [1.82, 2.24) is 0 Å². The number of phenolic OH excluding ortho intramolecular Hbond substituents is 2. The van der Waals surface area contributed by atoms with Gasteiger partial charge < -0.3 is 69.1 Å². The molecule has 3 N–H and O–H groups in total. The quantitative estimate of drug-likeness (QED) is 0.0897. The van der Waals surface area contributed by atoms with Gasteiger partial charge in [0, 0.05) is 25.9 Å². The molecule has 0 amide bonds.